The lowest BCUT2D eigenvalue weighted by atomic mass is 10.0. The molecule has 0 atom stereocenters. The largest absolute Gasteiger partial charge is 0.496 e. The fourth-order valence-electron chi connectivity index (χ4n) is 1.96. The van der Waals surface area contributed by atoms with E-state index in [1.807, 2.05) is 0 Å². The molecule has 0 radical (unpaired) electrons. The first-order chi connectivity index (χ1) is 8.35. The van der Waals surface area contributed by atoms with Gasteiger partial charge in [0.25, 0.3) is 11.8 Å². The number of hydrogen-bond acceptors (Lipinski definition) is 2. The number of nitrogens with zero attached hydrogens (tertiary/aromatic N) is 1. The number of hydrogen-bond donors (Lipinski definition) is 0. The molecule has 1 aliphatic heterocycles. The van der Waals surface area contributed by atoms with Gasteiger partial charge in [-0.1, -0.05) is 0 Å². The Hall–Kier alpha value is -1.17. The van der Waals surface area contributed by atoms with Crippen LogP contribution in [0.25, 0.3) is 0 Å². The fourth-order valence-corrected chi connectivity index (χ4v) is 2.56. The molecule has 1 fully saturated rings. The van der Waals surface area contributed by atoms with Gasteiger partial charge in [-0.2, -0.15) is 0 Å². The number of benzene rings is 1. The first-order valence-corrected chi connectivity index (χ1v) is 6.15. The summed E-state index contributed by atoms with van der Waals surface area (Å²) in [6, 6.07) is 3.40. The van der Waals surface area contributed by atoms with E-state index in [9.17, 15) is 13.6 Å². The van der Waals surface area contributed by atoms with Crippen LogP contribution in [-0.4, -0.2) is 36.9 Å². The summed E-state index contributed by atoms with van der Waals surface area (Å²) >= 11 is 3.27. The molecule has 0 aliphatic carbocycles. The highest BCUT2D eigenvalue weighted by Crippen LogP contribution is 2.33. The van der Waals surface area contributed by atoms with E-state index in [0.717, 1.165) is 4.90 Å². The maximum absolute atomic E-state index is 12.8. The summed E-state index contributed by atoms with van der Waals surface area (Å²) < 4.78 is 31.3. The molecule has 0 spiro atoms. The predicted octanol–water partition coefficient (Wildman–Crippen LogP) is 2.86. The van der Waals surface area contributed by atoms with E-state index in [0.29, 0.717) is 21.3 Å². The van der Waals surface area contributed by atoms with Gasteiger partial charge in [0.2, 0.25) is 0 Å². The summed E-state index contributed by atoms with van der Waals surface area (Å²) in [5, 5.41) is 0. The third-order valence-corrected chi connectivity index (χ3v) is 3.59. The van der Waals surface area contributed by atoms with Crippen LogP contribution >= 0.6 is 15.9 Å². The molecule has 0 N–H and O–H groups in total. The van der Waals surface area contributed by atoms with Crippen molar-refractivity contribution in [3.05, 3.63) is 27.7 Å². The monoisotopic (exact) mass is 319 g/mol. The molecule has 0 saturated carbocycles. The maximum Gasteiger partial charge on any atom is 0.282 e. The molecule has 0 bridgehead atoms. The Balaban J connectivity index is 2.31. The molecule has 0 unspecified atom stereocenters. The number of alkyl halides is 2. The van der Waals surface area contributed by atoms with Gasteiger partial charge in [-0.05, 0) is 35.0 Å². The zero-order valence-electron chi connectivity index (χ0n) is 9.97. The van der Waals surface area contributed by atoms with Crippen LogP contribution in [0, 0.1) is 6.92 Å². The van der Waals surface area contributed by atoms with Crippen LogP contribution in [0.5, 0.6) is 5.75 Å². The molecular formula is C12H12BrF2NO2. The van der Waals surface area contributed by atoms with E-state index in [-0.39, 0.29) is 0 Å². The topological polar surface area (TPSA) is 29.5 Å². The smallest absolute Gasteiger partial charge is 0.282 e. The number of rotatable bonds is 2. The molecule has 1 aliphatic rings. The zero-order chi connectivity index (χ0) is 13.5. The van der Waals surface area contributed by atoms with Gasteiger partial charge in [0.05, 0.1) is 25.8 Å². The number of likely N-dealkylation sites (tertiary alicyclic amines) is 1. The molecule has 1 aromatic rings. The molecule has 1 saturated heterocycles. The third kappa shape index (κ3) is 2.21. The van der Waals surface area contributed by atoms with Crippen LogP contribution in [0.3, 0.4) is 0 Å². The van der Waals surface area contributed by atoms with E-state index >= 15 is 0 Å². The molecule has 2 rings (SSSR count). The van der Waals surface area contributed by atoms with Crippen molar-refractivity contribution in [1.82, 2.24) is 4.90 Å². The summed E-state index contributed by atoms with van der Waals surface area (Å²) in [7, 11) is 1.50. The maximum atomic E-state index is 12.8. The lowest BCUT2D eigenvalue weighted by Crippen LogP contribution is -2.58. The minimum Gasteiger partial charge on any atom is -0.496 e. The van der Waals surface area contributed by atoms with Crippen molar-refractivity contribution in [3.63, 3.8) is 0 Å². The molecule has 3 nitrogen and oxygen atoms in total. The van der Waals surface area contributed by atoms with E-state index < -0.39 is 24.9 Å². The second-order valence-electron chi connectivity index (χ2n) is 4.27. The van der Waals surface area contributed by atoms with Crippen molar-refractivity contribution >= 4 is 21.8 Å². The van der Waals surface area contributed by atoms with Gasteiger partial charge in [-0.25, -0.2) is 8.78 Å². The first-order valence-electron chi connectivity index (χ1n) is 5.36. The van der Waals surface area contributed by atoms with E-state index in [1.165, 1.54) is 7.11 Å². The molecular weight excluding hydrogens is 308 g/mol. The SMILES string of the molecule is COc1ccc(Br)c(C(=O)N2CC(F)(F)C2)c1C. The molecule has 1 heterocycles. The quantitative estimate of drug-likeness (QED) is 0.839. The Morgan fingerprint density at radius 2 is 2.06 bits per heavy atom. The average molecular weight is 320 g/mol. The Morgan fingerprint density at radius 3 is 2.56 bits per heavy atom. The van der Waals surface area contributed by atoms with E-state index in [1.54, 1.807) is 19.1 Å². The highest BCUT2D eigenvalue weighted by molar-refractivity contribution is 9.10. The number of carbonyl (C=O) groups excluding carboxylic acids is 1. The second kappa shape index (κ2) is 4.50. The zero-order valence-corrected chi connectivity index (χ0v) is 11.6. The van der Waals surface area contributed by atoms with Crippen molar-refractivity contribution in [2.45, 2.75) is 12.8 Å². The average Bonchev–Trinajstić information content (AvgIpc) is 2.26. The molecule has 1 amide bonds. The van der Waals surface area contributed by atoms with E-state index in [2.05, 4.69) is 15.9 Å². The fraction of sp³-hybridized carbons (Fsp3) is 0.417. The number of halogens is 3. The lowest BCUT2D eigenvalue weighted by Gasteiger charge is -2.39. The van der Waals surface area contributed by atoms with Crippen molar-refractivity contribution in [3.8, 4) is 5.75 Å². The van der Waals surface area contributed by atoms with Crippen LogP contribution in [-0.2, 0) is 0 Å². The van der Waals surface area contributed by atoms with Crippen molar-refractivity contribution in [2.24, 2.45) is 0 Å². The number of amides is 1. The minimum atomic E-state index is -2.76. The molecule has 6 heteroatoms. The van der Waals surface area contributed by atoms with Gasteiger partial charge in [-0.3, -0.25) is 4.79 Å². The Labute approximate surface area is 112 Å². The van der Waals surface area contributed by atoms with Crippen LogP contribution < -0.4 is 4.74 Å². The molecule has 0 aromatic heterocycles. The van der Waals surface area contributed by atoms with Crippen LogP contribution in [0.2, 0.25) is 0 Å². The molecule has 1 aromatic carbocycles. The Kier molecular flexibility index (Phi) is 3.31. The van der Waals surface area contributed by atoms with Gasteiger partial charge in [0.15, 0.2) is 0 Å². The van der Waals surface area contributed by atoms with Gasteiger partial charge in [0.1, 0.15) is 5.75 Å². The number of carbonyl (C=O) groups is 1. The Morgan fingerprint density at radius 1 is 1.44 bits per heavy atom. The van der Waals surface area contributed by atoms with Gasteiger partial charge in [-0.15, -0.1) is 0 Å². The summed E-state index contributed by atoms with van der Waals surface area (Å²) in [6.07, 6.45) is 0. The van der Waals surface area contributed by atoms with Crippen LogP contribution in [0.1, 0.15) is 15.9 Å². The second-order valence-corrected chi connectivity index (χ2v) is 5.12. The van der Waals surface area contributed by atoms with E-state index in [4.69, 9.17) is 4.74 Å². The van der Waals surface area contributed by atoms with Gasteiger partial charge < -0.3 is 9.64 Å². The summed E-state index contributed by atoms with van der Waals surface area (Å²) in [4.78, 5) is 13.3. The van der Waals surface area contributed by atoms with Crippen molar-refractivity contribution in [2.75, 3.05) is 20.2 Å². The standard InChI is InChI=1S/C12H12BrF2NO2/c1-7-9(18-2)4-3-8(13)10(7)11(17)16-5-12(14,15)6-16/h3-4H,5-6H2,1-2H3. The minimum absolute atomic E-state index is 0.379. The van der Waals surface area contributed by atoms with Crippen LogP contribution in [0.4, 0.5) is 8.78 Å². The molecule has 98 valence electrons. The highest BCUT2D eigenvalue weighted by Gasteiger charge is 2.46. The normalized spacial score (nSPS) is 17.3. The summed E-state index contributed by atoms with van der Waals surface area (Å²) in [5.74, 6) is -2.59. The first kappa shape index (κ1) is 13.3. The highest BCUT2D eigenvalue weighted by atomic mass is 79.9. The van der Waals surface area contributed by atoms with Crippen LogP contribution in [0.15, 0.2) is 16.6 Å². The molecule has 18 heavy (non-hydrogen) atoms. The van der Waals surface area contributed by atoms with Gasteiger partial charge in [0, 0.05) is 10.0 Å². The summed E-state index contributed by atoms with van der Waals surface area (Å²) in [6.45, 7) is 0.693. The predicted molar refractivity (Wildman–Crippen MR) is 66.3 cm³/mol. The lowest BCUT2D eigenvalue weighted by molar-refractivity contribution is -0.113. The third-order valence-electron chi connectivity index (χ3n) is 2.93. The van der Waals surface area contributed by atoms with Crippen molar-refractivity contribution < 1.29 is 18.3 Å². The Bertz CT molecular complexity index is 497. The number of ether oxygens (including phenoxy) is 1. The van der Waals surface area contributed by atoms with Crippen molar-refractivity contribution in [1.29, 1.82) is 0 Å². The summed E-state index contributed by atoms with van der Waals surface area (Å²) in [5.41, 5.74) is 1.02. The number of methoxy groups -OCH3 is 1. The van der Waals surface area contributed by atoms with Gasteiger partial charge >= 0.3 is 0 Å².